The number of aromatic nitrogens is 2. The van der Waals surface area contributed by atoms with Gasteiger partial charge in [0.1, 0.15) is 0 Å². The topological polar surface area (TPSA) is 95.2 Å². The van der Waals surface area contributed by atoms with Crippen molar-refractivity contribution in [2.75, 3.05) is 10.2 Å². The zero-order valence-corrected chi connectivity index (χ0v) is 14.6. The first kappa shape index (κ1) is 17.0. The number of carbonyl (C=O) groups excluding carboxylic acids is 3. The molecule has 7 heteroatoms. The van der Waals surface area contributed by atoms with Crippen molar-refractivity contribution < 1.29 is 14.4 Å². The Morgan fingerprint density at radius 1 is 1.04 bits per heavy atom. The molecule has 136 valence electrons. The molecule has 27 heavy (non-hydrogen) atoms. The number of para-hydroxylation sites is 1. The average Bonchev–Trinajstić information content (AvgIpc) is 3.06. The molecule has 2 aromatic carbocycles. The molecule has 0 aliphatic carbocycles. The van der Waals surface area contributed by atoms with Crippen molar-refractivity contribution in [2.45, 2.75) is 25.7 Å². The molecule has 2 heterocycles. The summed E-state index contributed by atoms with van der Waals surface area (Å²) >= 11 is 0. The van der Waals surface area contributed by atoms with Crippen LogP contribution in [0.4, 0.5) is 11.4 Å². The Balaban J connectivity index is 1.44. The monoisotopic (exact) mass is 362 g/mol. The van der Waals surface area contributed by atoms with E-state index in [1.165, 1.54) is 4.90 Å². The summed E-state index contributed by atoms with van der Waals surface area (Å²) in [5.41, 5.74) is 2.71. The van der Waals surface area contributed by atoms with E-state index in [2.05, 4.69) is 15.5 Å². The van der Waals surface area contributed by atoms with Crippen molar-refractivity contribution in [1.29, 1.82) is 0 Å². The number of rotatable bonds is 4. The third-order valence-electron chi connectivity index (χ3n) is 4.57. The second-order valence-corrected chi connectivity index (χ2v) is 6.47. The molecule has 1 aliphatic rings. The van der Waals surface area contributed by atoms with Crippen LogP contribution in [-0.2, 0) is 20.8 Å². The normalized spacial score (nSPS) is 14.6. The van der Waals surface area contributed by atoms with Gasteiger partial charge in [-0.25, -0.2) is 0 Å². The number of aromatic amines is 1. The molecular formula is C20H18N4O3. The number of piperidine rings is 1. The fraction of sp³-hybridized carbons (Fsp3) is 0.200. The molecule has 4 rings (SSSR count). The second-order valence-electron chi connectivity index (χ2n) is 6.47. The predicted octanol–water partition coefficient (Wildman–Crippen LogP) is 2.79. The van der Waals surface area contributed by atoms with Gasteiger partial charge in [-0.15, -0.1) is 0 Å². The van der Waals surface area contributed by atoms with Gasteiger partial charge < -0.3 is 5.32 Å². The van der Waals surface area contributed by atoms with Crippen LogP contribution >= 0.6 is 0 Å². The molecule has 7 nitrogen and oxygen atoms in total. The van der Waals surface area contributed by atoms with Gasteiger partial charge in [-0.05, 0) is 36.8 Å². The van der Waals surface area contributed by atoms with Crippen molar-refractivity contribution in [2.24, 2.45) is 0 Å². The third-order valence-corrected chi connectivity index (χ3v) is 4.57. The number of nitrogens with zero attached hydrogens (tertiary/aromatic N) is 2. The highest BCUT2D eigenvalue weighted by Gasteiger charge is 2.27. The maximum absolute atomic E-state index is 12.3. The maximum atomic E-state index is 12.3. The lowest BCUT2D eigenvalue weighted by Crippen LogP contribution is -2.40. The number of benzene rings is 2. The van der Waals surface area contributed by atoms with E-state index in [-0.39, 0.29) is 24.1 Å². The van der Waals surface area contributed by atoms with Crippen LogP contribution in [0.15, 0.2) is 48.5 Å². The quantitative estimate of drug-likeness (QED) is 0.698. The number of hydrogen-bond acceptors (Lipinski definition) is 4. The van der Waals surface area contributed by atoms with Crippen molar-refractivity contribution in [3.8, 4) is 0 Å². The standard InChI is InChI=1S/C20H18N4O3/c25-18(12-17-15-4-1-2-5-16(15)22-23-17)21-13-8-10-14(11-9-13)24-19(26)6-3-7-20(24)27/h1-2,4-5,8-11H,3,6-7,12H2,(H,21,25)(H,22,23). The minimum absolute atomic E-state index is 0.172. The number of carbonyl (C=O) groups is 3. The summed E-state index contributed by atoms with van der Waals surface area (Å²) in [4.78, 5) is 37.5. The van der Waals surface area contributed by atoms with Gasteiger partial charge in [-0.2, -0.15) is 5.10 Å². The number of anilines is 2. The summed E-state index contributed by atoms with van der Waals surface area (Å²) in [6.07, 6.45) is 1.53. The van der Waals surface area contributed by atoms with Crippen LogP contribution in [0.5, 0.6) is 0 Å². The largest absolute Gasteiger partial charge is 0.326 e. The fourth-order valence-electron chi connectivity index (χ4n) is 3.25. The van der Waals surface area contributed by atoms with E-state index in [1.54, 1.807) is 24.3 Å². The van der Waals surface area contributed by atoms with Gasteiger partial charge in [0.15, 0.2) is 0 Å². The molecule has 0 radical (unpaired) electrons. The summed E-state index contributed by atoms with van der Waals surface area (Å²) in [7, 11) is 0. The molecule has 0 saturated carbocycles. The van der Waals surface area contributed by atoms with Crippen LogP contribution in [0.1, 0.15) is 25.0 Å². The van der Waals surface area contributed by atoms with Gasteiger partial charge in [0.25, 0.3) is 0 Å². The minimum atomic E-state index is -0.186. The van der Waals surface area contributed by atoms with E-state index in [0.717, 1.165) is 16.6 Å². The highest BCUT2D eigenvalue weighted by Crippen LogP contribution is 2.24. The molecule has 2 N–H and O–H groups in total. The van der Waals surface area contributed by atoms with Crippen LogP contribution in [0, 0.1) is 0 Å². The molecule has 3 aromatic rings. The zero-order valence-electron chi connectivity index (χ0n) is 14.6. The van der Waals surface area contributed by atoms with E-state index >= 15 is 0 Å². The highest BCUT2D eigenvalue weighted by molar-refractivity contribution is 6.16. The van der Waals surface area contributed by atoms with Gasteiger partial charge in [0, 0.05) is 23.9 Å². The molecular weight excluding hydrogens is 344 g/mol. The van der Waals surface area contributed by atoms with Gasteiger partial charge in [-0.3, -0.25) is 24.4 Å². The van der Waals surface area contributed by atoms with Gasteiger partial charge in [0.2, 0.25) is 17.7 Å². The number of hydrogen-bond donors (Lipinski definition) is 2. The van der Waals surface area contributed by atoms with Gasteiger partial charge in [0.05, 0.1) is 23.3 Å². The molecule has 1 fully saturated rings. The number of fused-ring (bicyclic) bond motifs is 1. The van der Waals surface area contributed by atoms with E-state index in [4.69, 9.17) is 0 Å². The lowest BCUT2D eigenvalue weighted by Gasteiger charge is -2.24. The molecule has 3 amide bonds. The van der Waals surface area contributed by atoms with Crippen molar-refractivity contribution in [3.05, 3.63) is 54.2 Å². The number of H-pyrrole nitrogens is 1. The first-order chi connectivity index (χ1) is 13.1. The Morgan fingerprint density at radius 2 is 1.74 bits per heavy atom. The Morgan fingerprint density at radius 3 is 2.48 bits per heavy atom. The number of nitrogens with one attached hydrogen (secondary N) is 2. The van der Waals surface area contributed by atoms with Gasteiger partial charge in [-0.1, -0.05) is 18.2 Å². The molecule has 1 aromatic heterocycles. The Bertz CT molecular complexity index is 1010. The third kappa shape index (κ3) is 3.44. The van der Waals surface area contributed by atoms with Crippen LogP contribution < -0.4 is 10.2 Å². The lowest BCUT2D eigenvalue weighted by atomic mass is 10.1. The van der Waals surface area contributed by atoms with Crippen molar-refractivity contribution in [3.63, 3.8) is 0 Å². The Hall–Kier alpha value is -3.48. The van der Waals surface area contributed by atoms with Crippen molar-refractivity contribution in [1.82, 2.24) is 10.2 Å². The summed E-state index contributed by atoms with van der Waals surface area (Å²) < 4.78 is 0. The highest BCUT2D eigenvalue weighted by atomic mass is 16.2. The zero-order chi connectivity index (χ0) is 18.8. The summed E-state index contributed by atoms with van der Waals surface area (Å²) in [6.45, 7) is 0. The lowest BCUT2D eigenvalue weighted by molar-refractivity contribution is -0.129. The summed E-state index contributed by atoms with van der Waals surface area (Å²) in [5.74, 6) is -0.550. The van der Waals surface area contributed by atoms with Crippen LogP contribution in [0.25, 0.3) is 10.9 Å². The van der Waals surface area contributed by atoms with Gasteiger partial charge >= 0.3 is 0 Å². The Kier molecular flexibility index (Phi) is 4.42. The smallest absolute Gasteiger partial charge is 0.233 e. The predicted molar refractivity (Wildman–Crippen MR) is 101 cm³/mol. The number of imide groups is 1. The Labute approximate surface area is 155 Å². The van der Waals surface area contributed by atoms with Crippen molar-refractivity contribution >= 4 is 40.0 Å². The first-order valence-corrected chi connectivity index (χ1v) is 8.79. The molecule has 0 spiro atoms. The van der Waals surface area contributed by atoms with E-state index in [9.17, 15) is 14.4 Å². The average molecular weight is 362 g/mol. The second kappa shape index (κ2) is 7.03. The van der Waals surface area contributed by atoms with E-state index in [0.29, 0.717) is 30.6 Å². The van der Waals surface area contributed by atoms with E-state index < -0.39 is 0 Å². The molecule has 1 aliphatic heterocycles. The minimum Gasteiger partial charge on any atom is -0.326 e. The van der Waals surface area contributed by atoms with Crippen LogP contribution in [0.2, 0.25) is 0 Å². The molecule has 1 saturated heterocycles. The summed E-state index contributed by atoms with van der Waals surface area (Å²) in [6, 6.07) is 14.3. The first-order valence-electron chi connectivity index (χ1n) is 8.79. The van der Waals surface area contributed by atoms with Crippen LogP contribution in [-0.4, -0.2) is 27.9 Å². The molecule has 0 unspecified atom stereocenters. The molecule has 0 bridgehead atoms. The van der Waals surface area contributed by atoms with E-state index in [1.807, 2.05) is 24.3 Å². The number of amides is 3. The van der Waals surface area contributed by atoms with Crippen LogP contribution in [0.3, 0.4) is 0 Å². The summed E-state index contributed by atoms with van der Waals surface area (Å²) in [5, 5.41) is 10.8. The SMILES string of the molecule is O=C(Cc1[nH]nc2ccccc12)Nc1ccc(N2C(=O)CCCC2=O)cc1. The fourth-order valence-corrected chi connectivity index (χ4v) is 3.25. The maximum Gasteiger partial charge on any atom is 0.233 e. The molecule has 0 atom stereocenters.